The van der Waals surface area contributed by atoms with Gasteiger partial charge in [0, 0.05) is 12.5 Å². The first-order chi connectivity index (χ1) is 11.6. The van der Waals surface area contributed by atoms with E-state index >= 15 is 0 Å². The SMILES string of the molecule is NNC(=O)CN1C(=O)C(Cc2ccccc2)Oc2ccc(O)cc21. The number of phenolic OH excluding ortho intramolecular Hbond substituents is 1. The molecule has 0 radical (unpaired) electrons. The highest BCUT2D eigenvalue weighted by Crippen LogP contribution is 2.37. The molecule has 7 heteroatoms. The molecule has 0 saturated carbocycles. The Morgan fingerprint density at radius 2 is 2.00 bits per heavy atom. The third-order valence-electron chi connectivity index (χ3n) is 3.77. The van der Waals surface area contributed by atoms with Crippen molar-refractivity contribution in [3.05, 3.63) is 54.1 Å². The van der Waals surface area contributed by atoms with Gasteiger partial charge in [-0.2, -0.15) is 0 Å². The van der Waals surface area contributed by atoms with E-state index in [1.54, 1.807) is 6.07 Å². The fraction of sp³-hybridized carbons (Fsp3) is 0.176. The number of nitrogens with zero attached hydrogens (tertiary/aromatic N) is 1. The third kappa shape index (κ3) is 3.16. The molecule has 1 aliphatic heterocycles. The largest absolute Gasteiger partial charge is 0.508 e. The fourth-order valence-electron chi connectivity index (χ4n) is 2.62. The second-order valence-electron chi connectivity index (χ2n) is 5.44. The van der Waals surface area contributed by atoms with Crippen molar-refractivity contribution in [2.75, 3.05) is 11.4 Å². The smallest absolute Gasteiger partial charge is 0.268 e. The molecule has 24 heavy (non-hydrogen) atoms. The van der Waals surface area contributed by atoms with Crippen molar-refractivity contribution in [3.8, 4) is 11.5 Å². The van der Waals surface area contributed by atoms with Gasteiger partial charge in [0.25, 0.3) is 11.8 Å². The zero-order valence-electron chi connectivity index (χ0n) is 12.8. The van der Waals surface area contributed by atoms with Crippen LogP contribution in [-0.4, -0.2) is 29.6 Å². The molecule has 4 N–H and O–H groups in total. The topological polar surface area (TPSA) is 105 Å². The molecule has 1 unspecified atom stereocenters. The fourth-order valence-corrected chi connectivity index (χ4v) is 2.62. The number of aromatic hydroxyl groups is 1. The van der Waals surface area contributed by atoms with Crippen LogP contribution in [0.25, 0.3) is 0 Å². The van der Waals surface area contributed by atoms with Crippen molar-refractivity contribution in [3.63, 3.8) is 0 Å². The number of carbonyl (C=O) groups is 2. The van der Waals surface area contributed by atoms with Crippen LogP contribution in [-0.2, 0) is 16.0 Å². The summed E-state index contributed by atoms with van der Waals surface area (Å²) in [6, 6.07) is 13.9. The molecule has 1 heterocycles. The third-order valence-corrected chi connectivity index (χ3v) is 3.77. The lowest BCUT2D eigenvalue weighted by molar-refractivity contribution is -0.128. The number of rotatable bonds is 4. The lowest BCUT2D eigenvalue weighted by Gasteiger charge is -2.34. The highest BCUT2D eigenvalue weighted by molar-refractivity contribution is 6.04. The minimum atomic E-state index is -0.755. The van der Waals surface area contributed by atoms with Gasteiger partial charge in [0.15, 0.2) is 6.10 Å². The molecule has 1 atom stereocenters. The number of phenols is 1. The summed E-state index contributed by atoms with van der Waals surface area (Å²) in [5, 5.41) is 9.67. The maximum absolute atomic E-state index is 12.8. The van der Waals surface area contributed by atoms with Crippen molar-refractivity contribution in [1.29, 1.82) is 0 Å². The normalized spacial score (nSPS) is 16.3. The number of anilines is 1. The minimum absolute atomic E-state index is 0.0233. The van der Waals surface area contributed by atoms with Crippen molar-refractivity contribution in [2.24, 2.45) is 5.84 Å². The molecule has 2 aromatic rings. The van der Waals surface area contributed by atoms with Crippen molar-refractivity contribution in [1.82, 2.24) is 5.43 Å². The average Bonchev–Trinajstić information content (AvgIpc) is 2.59. The van der Waals surface area contributed by atoms with Crippen LogP contribution in [0.3, 0.4) is 0 Å². The Morgan fingerprint density at radius 3 is 2.71 bits per heavy atom. The van der Waals surface area contributed by atoms with Crippen LogP contribution >= 0.6 is 0 Å². The zero-order chi connectivity index (χ0) is 17.1. The van der Waals surface area contributed by atoms with E-state index in [1.807, 2.05) is 35.8 Å². The predicted molar refractivity (Wildman–Crippen MR) is 87.4 cm³/mol. The number of amides is 2. The number of nitrogens with one attached hydrogen (secondary N) is 1. The van der Waals surface area contributed by atoms with Crippen LogP contribution in [0.1, 0.15) is 5.56 Å². The van der Waals surface area contributed by atoms with Gasteiger partial charge in [0.05, 0.1) is 5.69 Å². The van der Waals surface area contributed by atoms with Gasteiger partial charge in [-0.15, -0.1) is 0 Å². The molecule has 1 aliphatic rings. The monoisotopic (exact) mass is 327 g/mol. The Kier molecular flexibility index (Phi) is 4.35. The predicted octanol–water partition coefficient (Wildman–Crippen LogP) is 0.719. The standard InChI is InChI=1S/C17H17N3O4/c18-19-16(22)10-20-13-9-12(21)6-7-14(13)24-15(17(20)23)8-11-4-2-1-3-5-11/h1-7,9,15,21H,8,10,18H2,(H,19,22). The van der Waals surface area contributed by atoms with E-state index < -0.39 is 12.0 Å². The molecule has 0 fully saturated rings. The van der Waals surface area contributed by atoms with Crippen LogP contribution in [0.15, 0.2) is 48.5 Å². The number of nitrogens with two attached hydrogens (primary N) is 1. The lowest BCUT2D eigenvalue weighted by Crippen LogP contribution is -2.51. The van der Waals surface area contributed by atoms with Crippen molar-refractivity contribution < 1.29 is 19.4 Å². The van der Waals surface area contributed by atoms with Gasteiger partial charge in [-0.3, -0.25) is 19.9 Å². The van der Waals surface area contributed by atoms with Crippen LogP contribution in [0.4, 0.5) is 5.69 Å². The van der Waals surface area contributed by atoms with E-state index in [4.69, 9.17) is 10.6 Å². The molecular formula is C17H17N3O4. The summed E-state index contributed by atoms with van der Waals surface area (Å²) >= 11 is 0. The van der Waals surface area contributed by atoms with Crippen molar-refractivity contribution >= 4 is 17.5 Å². The van der Waals surface area contributed by atoms with E-state index in [9.17, 15) is 14.7 Å². The molecule has 0 aliphatic carbocycles. The maximum Gasteiger partial charge on any atom is 0.268 e. The van der Waals surface area contributed by atoms with Gasteiger partial charge in [-0.05, 0) is 17.7 Å². The zero-order valence-corrected chi connectivity index (χ0v) is 12.8. The van der Waals surface area contributed by atoms with Gasteiger partial charge < -0.3 is 9.84 Å². The van der Waals surface area contributed by atoms with E-state index in [2.05, 4.69) is 0 Å². The molecule has 124 valence electrons. The molecule has 0 aromatic heterocycles. The summed E-state index contributed by atoms with van der Waals surface area (Å²) in [4.78, 5) is 25.7. The van der Waals surface area contributed by atoms with Gasteiger partial charge in [-0.1, -0.05) is 30.3 Å². The maximum atomic E-state index is 12.8. The number of hydrazine groups is 1. The Morgan fingerprint density at radius 1 is 1.25 bits per heavy atom. The van der Waals surface area contributed by atoms with Gasteiger partial charge >= 0.3 is 0 Å². The van der Waals surface area contributed by atoms with E-state index in [-0.39, 0.29) is 18.2 Å². The van der Waals surface area contributed by atoms with Crippen LogP contribution in [0, 0.1) is 0 Å². The highest BCUT2D eigenvalue weighted by Gasteiger charge is 2.35. The first kappa shape index (κ1) is 15.8. The van der Waals surface area contributed by atoms with Crippen LogP contribution in [0.5, 0.6) is 11.5 Å². The van der Waals surface area contributed by atoms with E-state index in [1.165, 1.54) is 17.0 Å². The molecule has 7 nitrogen and oxygen atoms in total. The Bertz CT molecular complexity index is 764. The molecule has 0 saturated heterocycles. The minimum Gasteiger partial charge on any atom is -0.508 e. The molecular weight excluding hydrogens is 310 g/mol. The number of fused-ring (bicyclic) bond motifs is 1. The highest BCUT2D eigenvalue weighted by atomic mass is 16.5. The first-order valence-corrected chi connectivity index (χ1v) is 7.43. The number of benzene rings is 2. The first-order valence-electron chi connectivity index (χ1n) is 7.43. The number of hydrogen-bond acceptors (Lipinski definition) is 5. The van der Waals surface area contributed by atoms with Gasteiger partial charge in [0.2, 0.25) is 0 Å². The summed E-state index contributed by atoms with van der Waals surface area (Å²) < 4.78 is 5.78. The summed E-state index contributed by atoms with van der Waals surface area (Å²) in [7, 11) is 0. The summed E-state index contributed by atoms with van der Waals surface area (Å²) in [6.07, 6.45) is -0.379. The molecule has 2 amide bonds. The van der Waals surface area contributed by atoms with Crippen LogP contribution < -0.4 is 20.9 Å². The van der Waals surface area contributed by atoms with Crippen molar-refractivity contribution in [2.45, 2.75) is 12.5 Å². The quantitative estimate of drug-likeness (QED) is 0.436. The molecule has 0 bridgehead atoms. The summed E-state index contributed by atoms with van der Waals surface area (Å²) in [5.74, 6) is 4.65. The summed E-state index contributed by atoms with van der Waals surface area (Å²) in [6.45, 7) is -0.250. The van der Waals surface area contributed by atoms with Gasteiger partial charge in [0.1, 0.15) is 18.0 Å². The number of ether oxygens (including phenoxy) is 1. The van der Waals surface area contributed by atoms with E-state index in [0.717, 1.165) is 5.56 Å². The average molecular weight is 327 g/mol. The number of carbonyl (C=O) groups excluding carboxylic acids is 2. The second-order valence-corrected chi connectivity index (χ2v) is 5.44. The summed E-state index contributed by atoms with van der Waals surface area (Å²) in [5.41, 5.74) is 3.29. The van der Waals surface area contributed by atoms with Crippen LogP contribution in [0.2, 0.25) is 0 Å². The Balaban J connectivity index is 1.93. The Hall–Kier alpha value is -3.06. The second kappa shape index (κ2) is 6.59. The molecule has 0 spiro atoms. The number of hydrogen-bond donors (Lipinski definition) is 3. The van der Waals surface area contributed by atoms with Gasteiger partial charge in [-0.25, -0.2) is 5.84 Å². The molecule has 2 aromatic carbocycles. The van der Waals surface area contributed by atoms with E-state index in [0.29, 0.717) is 17.9 Å². The molecule has 3 rings (SSSR count). The lowest BCUT2D eigenvalue weighted by atomic mass is 10.0. The Labute approximate surface area is 138 Å².